The van der Waals surface area contributed by atoms with E-state index in [2.05, 4.69) is 31.5 Å². The molecule has 1 aromatic heterocycles. The van der Waals surface area contributed by atoms with E-state index in [4.69, 9.17) is 5.73 Å². The fraction of sp³-hybridized carbons (Fsp3) is 0.500. The van der Waals surface area contributed by atoms with Crippen molar-refractivity contribution in [1.29, 1.82) is 0 Å². The molecule has 0 aliphatic heterocycles. The Morgan fingerprint density at radius 3 is 2.67 bits per heavy atom. The second-order valence-corrected chi connectivity index (χ2v) is 6.32. The summed E-state index contributed by atoms with van der Waals surface area (Å²) in [5.74, 6) is -0.231. The molecule has 0 spiro atoms. The van der Waals surface area contributed by atoms with Crippen LogP contribution in [-0.4, -0.2) is 29.9 Å². The zero-order valence-corrected chi connectivity index (χ0v) is 14.1. The number of aromatic nitrogens is 1. The highest BCUT2D eigenvalue weighted by molar-refractivity contribution is 9.10. The third kappa shape index (κ3) is 5.00. The van der Waals surface area contributed by atoms with Crippen LogP contribution in [0, 0.1) is 5.41 Å². The Balaban J connectivity index is 2.86. The number of hydrogen-bond acceptors (Lipinski definition) is 4. The third-order valence-electron chi connectivity index (χ3n) is 3.00. The lowest BCUT2D eigenvalue weighted by molar-refractivity contribution is -0.125. The van der Waals surface area contributed by atoms with Crippen LogP contribution in [0.25, 0.3) is 0 Å². The van der Waals surface area contributed by atoms with Crippen LogP contribution in [0.2, 0.25) is 0 Å². The molecule has 0 aliphatic carbocycles. The first kappa shape index (κ1) is 17.4. The van der Waals surface area contributed by atoms with Gasteiger partial charge in [-0.05, 0) is 42.3 Å². The summed E-state index contributed by atoms with van der Waals surface area (Å²) in [4.78, 5) is 27.8. The molecule has 0 aromatic carbocycles. The summed E-state index contributed by atoms with van der Waals surface area (Å²) in [5, 5.41) is 5.83. The van der Waals surface area contributed by atoms with Gasteiger partial charge in [0, 0.05) is 23.8 Å². The van der Waals surface area contributed by atoms with E-state index < -0.39 is 11.3 Å². The Morgan fingerprint density at radius 2 is 2.10 bits per heavy atom. The SMILES string of the molecule is CCCNc1ncc(Br)cc1C(=O)NCC(C)(C)C(N)=O. The fourth-order valence-corrected chi connectivity index (χ4v) is 1.81. The number of rotatable bonds is 7. The lowest BCUT2D eigenvalue weighted by Gasteiger charge is -2.21. The van der Waals surface area contributed by atoms with E-state index in [1.54, 1.807) is 26.1 Å². The number of hydrogen-bond donors (Lipinski definition) is 3. The van der Waals surface area contributed by atoms with Gasteiger partial charge >= 0.3 is 0 Å². The number of carbonyl (C=O) groups is 2. The van der Waals surface area contributed by atoms with Gasteiger partial charge in [-0.2, -0.15) is 0 Å². The molecule has 0 radical (unpaired) electrons. The van der Waals surface area contributed by atoms with Crippen molar-refractivity contribution in [2.24, 2.45) is 11.1 Å². The Hall–Kier alpha value is -1.63. The summed E-state index contributed by atoms with van der Waals surface area (Å²) < 4.78 is 0.712. The Kier molecular flexibility index (Phi) is 6.14. The summed E-state index contributed by atoms with van der Waals surface area (Å²) in [6.45, 7) is 6.29. The number of halogens is 1. The summed E-state index contributed by atoms with van der Waals surface area (Å²) in [6.07, 6.45) is 2.55. The number of anilines is 1. The number of carbonyl (C=O) groups excluding carboxylic acids is 2. The number of nitrogens with two attached hydrogens (primary N) is 1. The average Bonchev–Trinajstić information content (AvgIpc) is 2.43. The molecule has 1 rings (SSSR count). The quantitative estimate of drug-likeness (QED) is 0.694. The summed E-state index contributed by atoms with van der Waals surface area (Å²) >= 11 is 3.30. The first-order valence-corrected chi connectivity index (χ1v) is 7.54. The van der Waals surface area contributed by atoms with E-state index in [9.17, 15) is 9.59 Å². The van der Waals surface area contributed by atoms with Gasteiger partial charge in [-0.3, -0.25) is 9.59 Å². The predicted molar refractivity (Wildman–Crippen MR) is 86.0 cm³/mol. The van der Waals surface area contributed by atoms with Crippen LogP contribution in [0.5, 0.6) is 0 Å². The highest BCUT2D eigenvalue weighted by Gasteiger charge is 2.26. The lowest BCUT2D eigenvalue weighted by Crippen LogP contribution is -2.42. The third-order valence-corrected chi connectivity index (χ3v) is 3.43. The van der Waals surface area contributed by atoms with E-state index >= 15 is 0 Å². The van der Waals surface area contributed by atoms with Gasteiger partial charge in [-0.1, -0.05) is 6.92 Å². The number of nitrogens with one attached hydrogen (secondary N) is 2. The standard InChI is InChI=1S/C14H21BrN4O2/c1-4-5-17-11-10(6-9(15)7-18-11)12(20)19-8-14(2,3)13(16)21/h6-7H,4-5,8H2,1-3H3,(H2,16,21)(H,17,18)(H,19,20). The largest absolute Gasteiger partial charge is 0.369 e. The molecule has 0 saturated heterocycles. The van der Waals surface area contributed by atoms with Crippen molar-refractivity contribution in [2.45, 2.75) is 27.2 Å². The highest BCUT2D eigenvalue weighted by Crippen LogP contribution is 2.19. The summed E-state index contributed by atoms with van der Waals surface area (Å²) in [6, 6.07) is 1.69. The van der Waals surface area contributed by atoms with E-state index in [0.717, 1.165) is 13.0 Å². The number of nitrogens with zero attached hydrogens (tertiary/aromatic N) is 1. The molecule has 0 unspecified atom stereocenters. The molecule has 6 nitrogen and oxygen atoms in total. The van der Waals surface area contributed by atoms with Crippen LogP contribution in [0.3, 0.4) is 0 Å². The van der Waals surface area contributed by atoms with Gasteiger partial charge in [-0.25, -0.2) is 4.98 Å². The van der Waals surface area contributed by atoms with Gasteiger partial charge in [0.05, 0.1) is 11.0 Å². The van der Waals surface area contributed by atoms with Crippen molar-refractivity contribution >= 4 is 33.6 Å². The normalized spacial score (nSPS) is 11.0. The molecular weight excluding hydrogens is 336 g/mol. The molecule has 0 saturated carbocycles. The monoisotopic (exact) mass is 356 g/mol. The van der Waals surface area contributed by atoms with Crippen molar-refractivity contribution in [1.82, 2.24) is 10.3 Å². The molecule has 4 N–H and O–H groups in total. The zero-order valence-electron chi connectivity index (χ0n) is 12.5. The van der Waals surface area contributed by atoms with Crippen LogP contribution >= 0.6 is 15.9 Å². The van der Waals surface area contributed by atoms with Crippen LogP contribution in [0.1, 0.15) is 37.6 Å². The molecule has 1 heterocycles. The first-order valence-electron chi connectivity index (χ1n) is 6.75. The zero-order chi connectivity index (χ0) is 16.0. The minimum atomic E-state index is -0.799. The lowest BCUT2D eigenvalue weighted by atomic mass is 9.92. The van der Waals surface area contributed by atoms with Crippen LogP contribution in [0.4, 0.5) is 5.82 Å². The average molecular weight is 357 g/mol. The molecule has 1 aromatic rings. The minimum Gasteiger partial charge on any atom is -0.369 e. The maximum absolute atomic E-state index is 12.3. The number of primary amides is 1. The summed E-state index contributed by atoms with van der Waals surface area (Å²) in [5.41, 5.74) is 4.92. The smallest absolute Gasteiger partial charge is 0.255 e. The Morgan fingerprint density at radius 1 is 1.43 bits per heavy atom. The van der Waals surface area contributed by atoms with Crippen molar-refractivity contribution in [3.8, 4) is 0 Å². The van der Waals surface area contributed by atoms with Crippen LogP contribution < -0.4 is 16.4 Å². The van der Waals surface area contributed by atoms with Gasteiger partial charge in [0.2, 0.25) is 5.91 Å². The van der Waals surface area contributed by atoms with E-state index in [0.29, 0.717) is 15.9 Å². The second-order valence-electron chi connectivity index (χ2n) is 5.41. The first-order chi connectivity index (χ1) is 9.77. The second kappa shape index (κ2) is 7.40. The molecular formula is C14H21BrN4O2. The van der Waals surface area contributed by atoms with Crippen molar-refractivity contribution in [2.75, 3.05) is 18.4 Å². The van der Waals surface area contributed by atoms with Crippen molar-refractivity contribution < 1.29 is 9.59 Å². The molecule has 0 aliphatic rings. The fourth-order valence-electron chi connectivity index (χ4n) is 1.48. The van der Waals surface area contributed by atoms with Gasteiger partial charge < -0.3 is 16.4 Å². The highest BCUT2D eigenvalue weighted by atomic mass is 79.9. The molecule has 0 fully saturated rings. The molecule has 7 heteroatoms. The molecule has 116 valence electrons. The molecule has 21 heavy (non-hydrogen) atoms. The van der Waals surface area contributed by atoms with Crippen LogP contribution in [-0.2, 0) is 4.79 Å². The molecule has 0 atom stereocenters. The number of amides is 2. The maximum Gasteiger partial charge on any atom is 0.255 e. The summed E-state index contributed by atoms with van der Waals surface area (Å²) in [7, 11) is 0. The van der Waals surface area contributed by atoms with E-state index in [-0.39, 0.29) is 12.5 Å². The minimum absolute atomic E-state index is 0.168. The topological polar surface area (TPSA) is 97.1 Å². The van der Waals surface area contributed by atoms with Gasteiger partial charge in [0.15, 0.2) is 0 Å². The molecule has 0 bridgehead atoms. The van der Waals surface area contributed by atoms with Gasteiger partial charge in [0.1, 0.15) is 5.82 Å². The van der Waals surface area contributed by atoms with E-state index in [1.807, 2.05) is 6.92 Å². The van der Waals surface area contributed by atoms with Crippen molar-refractivity contribution in [3.05, 3.63) is 22.3 Å². The van der Waals surface area contributed by atoms with Crippen LogP contribution in [0.15, 0.2) is 16.7 Å². The predicted octanol–water partition coefficient (Wildman–Crippen LogP) is 1.91. The Bertz CT molecular complexity index is 532. The maximum atomic E-state index is 12.3. The van der Waals surface area contributed by atoms with Crippen molar-refractivity contribution in [3.63, 3.8) is 0 Å². The van der Waals surface area contributed by atoms with E-state index in [1.165, 1.54) is 0 Å². The Labute approximate surface area is 133 Å². The number of pyridine rings is 1. The molecule has 2 amide bonds. The van der Waals surface area contributed by atoms with Gasteiger partial charge in [0.25, 0.3) is 5.91 Å². The van der Waals surface area contributed by atoms with Gasteiger partial charge in [-0.15, -0.1) is 0 Å².